The van der Waals surface area contributed by atoms with Gasteiger partial charge in [0.1, 0.15) is 0 Å². The summed E-state index contributed by atoms with van der Waals surface area (Å²) >= 11 is 0. The van der Waals surface area contributed by atoms with Crippen LogP contribution >= 0.6 is 0 Å². The maximum atomic E-state index is 13.8. The van der Waals surface area contributed by atoms with Crippen molar-refractivity contribution in [1.82, 2.24) is 0 Å². The molecule has 0 aliphatic carbocycles. The fraction of sp³-hybridized carbons (Fsp3) is 1.00. The highest BCUT2D eigenvalue weighted by molar-refractivity contribution is 5.15. The molecule has 0 spiro atoms. The van der Waals surface area contributed by atoms with Gasteiger partial charge in [0.25, 0.3) is 0 Å². The van der Waals surface area contributed by atoms with Gasteiger partial charge >= 0.3 is 47.6 Å². The molecule has 0 radical (unpaired) electrons. The van der Waals surface area contributed by atoms with Crippen molar-refractivity contribution in [2.75, 3.05) is 0 Å². The van der Waals surface area contributed by atoms with E-state index in [1.165, 1.54) is 0 Å². The van der Waals surface area contributed by atoms with Gasteiger partial charge in [0, 0.05) is 6.42 Å². The Kier molecular flexibility index (Phi) is 12.8. The van der Waals surface area contributed by atoms with E-state index < -0.39 is 60.5 Å². The van der Waals surface area contributed by atoms with Crippen LogP contribution in [0.25, 0.3) is 0 Å². The molecule has 0 N–H and O–H groups in total. The van der Waals surface area contributed by atoms with Gasteiger partial charge in [0.2, 0.25) is 0 Å². The van der Waals surface area contributed by atoms with E-state index in [0.29, 0.717) is 12.8 Å². The highest BCUT2D eigenvalue weighted by Crippen LogP contribution is 2.64. The van der Waals surface area contributed by atoms with Crippen molar-refractivity contribution in [2.24, 2.45) is 0 Å². The Morgan fingerprint density at radius 3 is 0.872 bits per heavy atom. The molecule has 0 nitrogen and oxygen atoms in total. The van der Waals surface area contributed by atoms with E-state index in [9.17, 15) is 74.6 Å². The molecule has 0 aromatic rings. The van der Waals surface area contributed by atoms with Gasteiger partial charge in [-0.3, -0.25) is 0 Å². The Balaban J connectivity index is 5.34. The van der Waals surface area contributed by atoms with E-state index in [-0.39, 0.29) is 12.8 Å². The van der Waals surface area contributed by atoms with Crippen molar-refractivity contribution < 1.29 is 74.6 Å². The number of unbranched alkanes of at least 4 members (excludes halogenated alkanes) is 11. The molecule has 0 aliphatic heterocycles. The van der Waals surface area contributed by atoms with Gasteiger partial charge in [-0.2, -0.15) is 74.6 Å². The lowest BCUT2D eigenvalue weighted by molar-refractivity contribution is -0.461. The van der Waals surface area contributed by atoms with Crippen molar-refractivity contribution >= 4 is 0 Å². The Hall–Kier alpha value is -1.19. The Labute approximate surface area is 213 Å². The Morgan fingerprint density at radius 2 is 0.564 bits per heavy atom. The lowest BCUT2D eigenvalue weighted by atomic mass is 9.87. The van der Waals surface area contributed by atoms with Crippen molar-refractivity contribution in [3.8, 4) is 0 Å². The third kappa shape index (κ3) is 7.56. The molecule has 0 bridgehead atoms. The zero-order chi connectivity index (χ0) is 31.2. The van der Waals surface area contributed by atoms with Crippen LogP contribution in [-0.2, 0) is 0 Å². The van der Waals surface area contributed by atoms with Crippen LogP contribution in [0.2, 0.25) is 0 Å². The summed E-state index contributed by atoms with van der Waals surface area (Å²) in [5.41, 5.74) is 0. The quantitative estimate of drug-likeness (QED) is 0.100. The molecule has 0 aliphatic rings. The van der Waals surface area contributed by atoms with Crippen LogP contribution in [0.3, 0.4) is 0 Å². The standard InChI is InChI=1S/C22H29F17/c1-2-3-4-5-6-7-8-9-10-11-12-13-14-15(23,24)16(25,26)17(27,28)18(29,30)19(31,32)20(33,34)21(35,36)22(37,38)39/h2-14H2,1H3. The average Bonchev–Trinajstić information content (AvgIpc) is 2.78. The topological polar surface area (TPSA) is 0 Å². The molecule has 0 rings (SSSR count). The minimum Gasteiger partial charge on any atom is -0.200 e. The van der Waals surface area contributed by atoms with E-state index in [4.69, 9.17) is 0 Å². The van der Waals surface area contributed by atoms with E-state index >= 15 is 0 Å². The second kappa shape index (κ2) is 13.2. The van der Waals surface area contributed by atoms with Crippen LogP contribution in [-0.4, -0.2) is 47.6 Å². The minimum atomic E-state index is -8.57. The van der Waals surface area contributed by atoms with Gasteiger partial charge in [0.15, 0.2) is 0 Å². The van der Waals surface area contributed by atoms with Crippen molar-refractivity contribution in [1.29, 1.82) is 0 Å². The molecular formula is C22H29F17. The third-order valence-electron chi connectivity index (χ3n) is 6.13. The number of hydrogen-bond donors (Lipinski definition) is 0. The predicted octanol–water partition coefficient (Wildman–Crippen LogP) is 11.1. The summed E-state index contributed by atoms with van der Waals surface area (Å²) in [6.45, 7) is 2.03. The number of rotatable bonds is 19. The highest BCUT2D eigenvalue weighted by Gasteiger charge is 2.95. The van der Waals surface area contributed by atoms with E-state index in [2.05, 4.69) is 0 Å². The maximum Gasteiger partial charge on any atom is 0.460 e. The zero-order valence-electron chi connectivity index (χ0n) is 20.6. The maximum absolute atomic E-state index is 13.8. The third-order valence-corrected chi connectivity index (χ3v) is 6.13. The summed E-state index contributed by atoms with van der Waals surface area (Å²) in [6, 6.07) is 0. The second-order valence-corrected chi connectivity index (χ2v) is 9.29. The van der Waals surface area contributed by atoms with E-state index in [0.717, 1.165) is 44.9 Å². The molecule has 0 atom stereocenters. The molecule has 0 heterocycles. The molecule has 0 aromatic heterocycles. The lowest BCUT2D eigenvalue weighted by Gasteiger charge is -2.42. The number of hydrogen-bond acceptors (Lipinski definition) is 0. The summed E-state index contributed by atoms with van der Waals surface area (Å²) in [5, 5.41) is 0. The van der Waals surface area contributed by atoms with Gasteiger partial charge in [-0.1, -0.05) is 77.6 Å². The molecule has 0 amide bonds. The van der Waals surface area contributed by atoms with Crippen LogP contribution < -0.4 is 0 Å². The summed E-state index contributed by atoms with van der Waals surface area (Å²) in [5.74, 6) is -55.7. The normalized spacial score (nSPS) is 15.2. The van der Waals surface area contributed by atoms with Crippen molar-refractivity contribution in [3.63, 3.8) is 0 Å². The largest absolute Gasteiger partial charge is 0.460 e. The average molecular weight is 616 g/mol. The molecule has 0 aromatic carbocycles. The Bertz CT molecular complexity index is 725. The second-order valence-electron chi connectivity index (χ2n) is 9.29. The SMILES string of the molecule is CCCCCCCCCCCCCCC(F)(F)C(F)(F)C(F)(F)C(F)(F)C(F)(F)C(F)(F)C(F)(F)C(F)(F)F. The zero-order valence-corrected chi connectivity index (χ0v) is 20.6. The van der Waals surface area contributed by atoms with Crippen LogP contribution in [0.5, 0.6) is 0 Å². The van der Waals surface area contributed by atoms with Crippen LogP contribution in [0.15, 0.2) is 0 Å². The first-order chi connectivity index (χ1) is 17.3. The predicted molar refractivity (Wildman–Crippen MR) is 106 cm³/mol. The fourth-order valence-corrected chi connectivity index (χ4v) is 3.54. The van der Waals surface area contributed by atoms with Gasteiger partial charge in [-0.15, -0.1) is 0 Å². The fourth-order valence-electron chi connectivity index (χ4n) is 3.54. The summed E-state index contributed by atoms with van der Waals surface area (Å²) in [7, 11) is 0. The summed E-state index contributed by atoms with van der Waals surface area (Å²) < 4.78 is 225. The highest BCUT2D eigenvalue weighted by atomic mass is 19.4. The molecule has 0 fully saturated rings. The van der Waals surface area contributed by atoms with Gasteiger partial charge in [0.05, 0.1) is 0 Å². The first-order valence-corrected chi connectivity index (χ1v) is 12.0. The Morgan fingerprint density at radius 1 is 0.308 bits per heavy atom. The molecule has 39 heavy (non-hydrogen) atoms. The molecular weight excluding hydrogens is 587 g/mol. The monoisotopic (exact) mass is 616 g/mol. The molecule has 0 unspecified atom stereocenters. The smallest absolute Gasteiger partial charge is 0.200 e. The van der Waals surface area contributed by atoms with Gasteiger partial charge < -0.3 is 0 Å². The van der Waals surface area contributed by atoms with Gasteiger partial charge in [-0.05, 0) is 6.42 Å². The van der Waals surface area contributed by atoms with Crippen molar-refractivity contribution in [3.05, 3.63) is 0 Å². The number of alkyl halides is 17. The lowest BCUT2D eigenvalue weighted by Crippen LogP contribution is -2.74. The number of halogens is 17. The molecule has 0 saturated carbocycles. The summed E-state index contributed by atoms with van der Waals surface area (Å²) in [4.78, 5) is 0. The first kappa shape index (κ1) is 37.8. The van der Waals surface area contributed by atoms with Crippen LogP contribution in [0.1, 0.15) is 90.4 Å². The van der Waals surface area contributed by atoms with Crippen LogP contribution in [0.4, 0.5) is 74.6 Å². The first-order valence-electron chi connectivity index (χ1n) is 12.0. The van der Waals surface area contributed by atoms with Crippen molar-refractivity contribution in [2.45, 2.75) is 138 Å². The molecule has 17 heteroatoms. The molecule has 0 saturated heterocycles. The minimum absolute atomic E-state index is 0.0981. The molecule has 236 valence electrons. The van der Waals surface area contributed by atoms with E-state index in [1.54, 1.807) is 0 Å². The van der Waals surface area contributed by atoms with E-state index in [1.807, 2.05) is 6.92 Å². The summed E-state index contributed by atoms with van der Waals surface area (Å²) in [6.07, 6.45) is -3.63. The van der Waals surface area contributed by atoms with Crippen LogP contribution in [0, 0.1) is 0 Å². The van der Waals surface area contributed by atoms with Gasteiger partial charge in [-0.25, -0.2) is 0 Å².